The van der Waals surface area contributed by atoms with Gasteiger partial charge >= 0.3 is 0 Å². The number of likely N-dealkylation sites (N-methyl/N-ethyl adjacent to an activating group) is 1. The third-order valence-electron chi connectivity index (χ3n) is 11.5. The molecule has 7 atom stereocenters. The zero-order chi connectivity index (χ0) is 39.6. The Bertz CT molecular complexity index is 1220. The second-order valence-corrected chi connectivity index (χ2v) is 16.1. The third-order valence-corrected chi connectivity index (χ3v) is 11.5. The van der Waals surface area contributed by atoms with Gasteiger partial charge < -0.3 is 47.1 Å². The van der Waals surface area contributed by atoms with Gasteiger partial charge in [0.05, 0.1) is 37.8 Å². The van der Waals surface area contributed by atoms with Crippen LogP contribution in [0.3, 0.4) is 0 Å². The van der Waals surface area contributed by atoms with E-state index in [1.54, 1.807) is 26.1 Å². The Morgan fingerprint density at radius 2 is 1.46 bits per heavy atom. The van der Waals surface area contributed by atoms with Crippen molar-refractivity contribution in [3.8, 4) is 0 Å². The van der Waals surface area contributed by atoms with Gasteiger partial charge in [-0.1, -0.05) is 83.8 Å². The second kappa shape index (κ2) is 23.8. The lowest BCUT2D eigenvalue weighted by molar-refractivity contribution is -0.146. The molecule has 14 nitrogen and oxygen atoms in total. The Balaban J connectivity index is 1.70. The molecule has 308 valence electrons. The maximum Gasteiger partial charge on any atom is 0.247 e. The summed E-state index contributed by atoms with van der Waals surface area (Å²) in [7, 11) is 1.60. The van der Waals surface area contributed by atoms with Crippen LogP contribution in [-0.4, -0.2) is 111 Å². The molecule has 0 bridgehead atoms. The van der Waals surface area contributed by atoms with Crippen molar-refractivity contribution in [2.45, 2.75) is 135 Å². The van der Waals surface area contributed by atoms with Gasteiger partial charge in [-0.2, -0.15) is 0 Å². The SMILES string of the molecule is C/C=C/[C@@H](C(=O)N[C@H](C(=O)N[C@@H](CN)C(N)=O)C1CCCCCC1)N(C)C(=O)[C@H](C)[C@@H](CC1CCCCC1)OC[C@@H](C)NC(=O)[C@@H](C)COCC1CNC1. The minimum absolute atomic E-state index is 0.102. The molecule has 0 radical (unpaired) electrons. The average molecular weight is 762 g/mol. The maximum atomic E-state index is 14.3. The summed E-state index contributed by atoms with van der Waals surface area (Å²) in [6, 6.07) is -3.27. The first-order valence-electron chi connectivity index (χ1n) is 20.6. The molecule has 0 aromatic rings. The van der Waals surface area contributed by atoms with Crippen LogP contribution in [0.1, 0.15) is 105 Å². The summed E-state index contributed by atoms with van der Waals surface area (Å²) in [6.07, 6.45) is 14.7. The molecule has 5 amide bonds. The van der Waals surface area contributed by atoms with Crippen LogP contribution in [-0.2, 0) is 33.4 Å². The fraction of sp³-hybridized carbons (Fsp3) is 0.825. The fourth-order valence-corrected chi connectivity index (χ4v) is 7.80. The number of primary amides is 1. The molecule has 2 aliphatic carbocycles. The molecule has 2 saturated carbocycles. The summed E-state index contributed by atoms with van der Waals surface area (Å²) >= 11 is 0. The van der Waals surface area contributed by atoms with Crippen LogP contribution in [0.15, 0.2) is 12.2 Å². The van der Waals surface area contributed by atoms with Gasteiger partial charge in [-0.3, -0.25) is 24.0 Å². The predicted octanol–water partition coefficient (Wildman–Crippen LogP) is 2.14. The van der Waals surface area contributed by atoms with E-state index in [2.05, 4.69) is 21.3 Å². The summed E-state index contributed by atoms with van der Waals surface area (Å²) in [5.74, 6) is -2.23. The summed E-state index contributed by atoms with van der Waals surface area (Å²) in [4.78, 5) is 68.2. The Morgan fingerprint density at radius 1 is 0.833 bits per heavy atom. The van der Waals surface area contributed by atoms with Gasteiger partial charge in [-0.05, 0) is 44.9 Å². The number of hydrogen-bond acceptors (Lipinski definition) is 9. The van der Waals surface area contributed by atoms with Gasteiger partial charge in [0.2, 0.25) is 29.5 Å². The van der Waals surface area contributed by atoms with E-state index in [9.17, 15) is 24.0 Å². The lowest BCUT2D eigenvalue weighted by atomic mass is 9.82. The number of rotatable bonds is 22. The van der Waals surface area contributed by atoms with E-state index in [0.717, 1.165) is 77.3 Å². The number of carbonyl (C=O) groups is 5. The van der Waals surface area contributed by atoms with Gasteiger partial charge in [0.1, 0.15) is 18.1 Å². The molecule has 0 aromatic heterocycles. The molecule has 1 aliphatic heterocycles. The van der Waals surface area contributed by atoms with E-state index >= 15 is 0 Å². The van der Waals surface area contributed by atoms with Crippen molar-refractivity contribution >= 4 is 29.5 Å². The zero-order valence-corrected chi connectivity index (χ0v) is 33.6. The molecule has 3 fully saturated rings. The van der Waals surface area contributed by atoms with E-state index in [4.69, 9.17) is 20.9 Å². The standard InChI is InChI=1S/C40H71N7O7/c1-6-14-33(38(50)46-35(31-17-12-7-8-13-18-31)39(51)45-32(20-41)36(42)48)47(5)40(52)28(4)34(19-29-15-10-9-11-16-29)54-24-27(3)44-37(49)26(2)23-53-25-30-21-43-22-30/h6,14,26-35,43H,7-13,15-25,41H2,1-5H3,(H2,42,48)(H,44,49)(H,45,51)(H,46,50)/b14-6+/t26-,27+,28+,32-,33-,34+,35-/m0/s1. The van der Waals surface area contributed by atoms with Gasteiger partial charge in [-0.25, -0.2) is 0 Å². The first-order valence-corrected chi connectivity index (χ1v) is 20.6. The van der Waals surface area contributed by atoms with Crippen molar-refractivity contribution in [3.63, 3.8) is 0 Å². The Labute approximate surface area is 323 Å². The highest BCUT2D eigenvalue weighted by Gasteiger charge is 2.38. The monoisotopic (exact) mass is 762 g/mol. The van der Waals surface area contributed by atoms with E-state index < -0.39 is 47.9 Å². The van der Waals surface area contributed by atoms with Gasteiger partial charge in [0.25, 0.3) is 0 Å². The minimum atomic E-state index is -1.06. The number of ether oxygens (including phenoxy) is 2. The number of amides is 5. The summed E-state index contributed by atoms with van der Waals surface area (Å²) < 4.78 is 12.3. The molecule has 1 saturated heterocycles. The largest absolute Gasteiger partial charge is 0.380 e. The lowest BCUT2D eigenvalue weighted by Gasteiger charge is -2.35. The number of nitrogens with one attached hydrogen (secondary N) is 4. The van der Waals surface area contributed by atoms with Crippen LogP contribution in [0.4, 0.5) is 0 Å². The second-order valence-electron chi connectivity index (χ2n) is 16.1. The lowest BCUT2D eigenvalue weighted by Crippen LogP contribution is -2.59. The smallest absolute Gasteiger partial charge is 0.247 e. The minimum Gasteiger partial charge on any atom is -0.380 e. The van der Waals surface area contributed by atoms with Crippen molar-refractivity contribution in [2.75, 3.05) is 46.5 Å². The highest BCUT2D eigenvalue weighted by molar-refractivity contribution is 5.95. The van der Waals surface area contributed by atoms with Crippen LogP contribution in [0.2, 0.25) is 0 Å². The molecule has 54 heavy (non-hydrogen) atoms. The molecule has 1 heterocycles. The molecule has 8 N–H and O–H groups in total. The summed E-state index contributed by atoms with van der Waals surface area (Å²) in [5.41, 5.74) is 11.2. The first kappa shape index (κ1) is 45.3. The van der Waals surface area contributed by atoms with Gasteiger partial charge in [-0.15, -0.1) is 0 Å². The molecule has 0 spiro atoms. The van der Waals surface area contributed by atoms with Crippen molar-refractivity contribution in [1.29, 1.82) is 0 Å². The van der Waals surface area contributed by atoms with E-state index in [1.807, 2.05) is 20.8 Å². The van der Waals surface area contributed by atoms with E-state index in [-0.39, 0.29) is 42.8 Å². The first-order chi connectivity index (χ1) is 25.9. The molecular formula is C40H71N7O7. The number of hydrogen-bond donors (Lipinski definition) is 6. The van der Waals surface area contributed by atoms with Crippen LogP contribution >= 0.6 is 0 Å². The molecule has 3 aliphatic rings. The number of nitrogens with two attached hydrogens (primary N) is 2. The number of nitrogens with zero attached hydrogens (tertiary/aromatic N) is 1. The summed E-state index contributed by atoms with van der Waals surface area (Å²) in [6.45, 7) is 10.3. The van der Waals surface area contributed by atoms with E-state index in [0.29, 0.717) is 31.5 Å². The van der Waals surface area contributed by atoms with Gasteiger partial charge in [0.15, 0.2) is 0 Å². The molecular weight excluding hydrogens is 690 g/mol. The normalized spacial score (nSPS) is 21.4. The highest BCUT2D eigenvalue weighted by Crippen LogP contribution is 2.31. The molecule has 3 rings (SSSR count). The van der Waals surface area contributed by atoms with Crippen molar-refractivity contribution < 1.29 is 33.4 Å². The Kier molecular flexibility index (Phi) is 19.9. The third kappa shape index (κ3) is 14.5. The van der Waals surface area contributed by atoms with Crippen molar-refractivity contribution in [3.05, 3.63) is 12.2 Å². The molecule has 0 unspecified atom stereocenters. The van der Waals surface area contributed by atoms with Crippen LogP contribution in [0, 0.1) is 29.6 Å². The van der Waals surface area contributed by atoms with Crippen LogP contribution in [0.5, 0.6) is 0 Å². The van der Waals surface area contributed by atoms with Crippen LogP contribution < -0.4 is 32.7 Å². The van der Waals surface area contributed by atoms with E-state index in [1.165, 1.54) is 11.3 Å². The Hall–Kier alpha value is -3.07. The number of allylic oxidation sites excluding steroid dienone is 1. The van der Waals surface area contributed by atoms with Crippen molar-refractivity contribution in [1.82, 2.24) is 26.2 Å². The topological polar surface area (TPSA) is 207 Å². The van der Waals surface area contributed by atoms with Gasteiger partial charge in [0, 0.05) is 38.6 Å². The predicted molar refractivity (Wildman–Crippen MR) is 209 cm³/mol. The Morgan fingerprint density at radius 3 is 2.04 bits per heavy atom. The maximum absolute atomic E-state index is 14.3. The summed E-state index contributed by atoms with van der Waals surface area (Å²) in [5, 5.41) is 11.9. The average Bonchev–Trinajstić information content (AvgIpc) is 3.43. The fourth-order valence-electron chi connectivity index (χ4n) is 7.80. The number of carbonyl (C=O) groups excluding carboxylic acids is 5. The zero-order valence-electron chi connectivity index (χ0n) is 33.6. The highest BCUT2D eigenvalue weighted by atomic mass is 16.5. The molecule has 14 heteroatoms. The molecule has 0 aromatic carbocycles. The quantitative estimate of drug-likeness (QED) is 0.0705. The van der Waals surface area contributed by atoms with Crippen molar-refractivity contribution in [2.24, 2.45) is 41.1 Å². The van der Waals surface area contributed by atoms with Crippen LogP contribution in [0.25, 0.3) is 0 Å².